The summed E-state index contributed by atoms with van der Waals surface area (Å²) in [6.45, 7) is 0. The lowest BCUT2D eigenvalue weighted by Crippen LogP contribution is -2.15. The molecule has 126 valence electrons. The average molecular weight is 358 g/mol. The van der Waals surface area contributed by atoms with Crippen LogP contribution in [0.5, 0.6) is 5.75 Å². The van der Waals surface area contributed by atoms with Crippen LogP contribution in [-0.2, 0) is 4.79 Å². The van der Waals surface area contributed by atoms with Gasteiger partial charge in [0.25, 0.3) is 5.91 Å². The molecule has 0 spiro atoms. The van der Waals surface area contributed by atoms with Crippen molar-refractivity contribution in [1.29, 1.82) is 5.26 Å². The van der Waals surface area contributed by atoms with Gasteiger partial charge in [0.1, 0.15) is 17.4 Å². The highest BCUT2D eigenvalue weighted by molar-refractivity contribution is 6.30. The Morgan fingerprint density at radius 1 is 1.20 bits per heavy atom. The van der Waals surface area contributed by atoms with Gasteiger partial charge in [0.2, 0.25) is 0 Å². The molecule has 25 heavy (non-hydrogen) atoms. The van der Waals surface area contributed by atoms with Crippen LogP contribution < -0.4 is 10.6 Å². The van der Waals surface area contributed by atoms with Crippen molar-refractivity contribution in [2.24, 2.45) is 0 Å². The Bertz CT molecular complexity index is 903. The number of amides is 1. The molecule has 0 aliphatic rings. The number of hydrogen-bond acceptors (Lipinski definition) is 5. The van der Waals surface area contributed by atoms with Crippen LogP contribution in [0.3, 0.4) is 0 Å². The van der Waals surface area contributed by atoms with E-state index in [0.717, 1.165) is 6.20 Å². The summed E-state index contributed by atoms with van der Waals surface area (Å²) in [6, 6.07) is 11.6. The minimum atomic E-state index is -1.13. The molecule has 0 unspecified atom stereocenters. The zero-order chi connectivity index (χ0) is 18.4. The van der Waals surface area contributed by atoms with E-state index in [-0.39, 0.29) is 28.3 Å². The van der Waals surface area contributed by atoms with Gasteiger partial charge in [-0.25, -0.2) is 4.79 Å². The Morgan fingerprint density at radius 2 is 1.96 bits per heavy atom. The number of aromatic hydroxyl groups is 1. The number of nitriles is 1. The molecule has 0 saturated heterocycles. The first kappa shape index (κ1) is 17.8. The number of anilines is 2. The molecule has 0 heterocycles. The summed E-state index contributed by atoms with van der Waals surface area (Å²) >= 11 is 5.81. The summed E-state index contributed by atoms with van der Waals surface area (Å²) in [6.07, 6.45) is 1.11. The number of phenols is 1. The molecule has 2 aromatic rings. The van der Waals surface area contributed by atoms with Crippen LogP contribution in [0.1, 0.15) is 10.4 Å². The van der Waals surface area contributed by atoms with Gasteiger partial charge in [0, 0.05) is 16.9 Å². The maximum Gasteiger partial charge on any atom is 0.335 e. The number of phenolic OH excluding ortho intramolecular Hbond substituents is 1. The first-order valence-electron chi connectivity index (χ1n) is 6.90. The Labute approximate surface area is 147 Å². The number of benzene rings is 2. The number of halogens is 1. The molecule has 7 nitrogen and oxygen atoms in total. The van der Waals surface area contributed by atoms with Crippen LogP contribution in [0.15, 0.2) is 54.2 Å². The number of nitrogens with zero attached hydrogens (tertiary/aromatic N) is 1. The summed E-state index contributed by atoms with van der Waals surface area (Å²) in [7, 11) is 0. The third-order valence-electron chi connectivity index (χ3n) is 3.06. The monoisotopic (exact) mass is 357 g/mol. The van der Waals surface area contributed by atoms with Gasteiger partial charge in [-0.15, -0.1) is 0 Å². The normalized spacial score (nSPS) is 10.6. The number of carboxylic acids is 1. The van der Waals surface area contributed by atoms with E-state index in [0.29, 0.717) is 5.02 Å². The van der Waals surface area contributed by atoms with Gasteiger partial charge in [-0.2, -0.15) is 5.26 Å². The van der Waals surface area contributed by atoms with E-state index in [1.165, 1.54) is 42.5 Å². The second-order valence-corrected chi connectivity index (χ2v) is 5.25. The molecule has 0 radical (unpaired) electrons. The topological polar surface area (TPSA) is 122 Å². The second-order valence-electron chi connectivity index (χ2n) is 4.82. The van der Waals surface area contributed by atoms with E-state index in [1.807, 2.05) is 0 Å². The minimum absolute atomic E-state index is 0.00209. The average Bonchev–Trinajstić information content (AvgIpc) is 2.58. The van der Waals surface area contributed by atoms with E-state index in [9.17, 15) is 14.7 Å². The molecule has 0 saturated carbocycles. The summed E-state index contributed by atoms with van der Waals surface area (Å²) in [4.78, 5) is 23.0. The Morgan fingerprint density at radius 3 is 2.64 bits per heavy atom. The summed E-state index contributed by atoms with van der Waals surface area (Å²) in [5, 5.41) is 33.2. The van der Waals surface area contributed by atoms with Gasteiger partial charge < -0.3 is 20.8 Å². The fourth-order valence-corrected chi connectivity index (χ4v) is 2.02. The standard InChI is InChI=1S/C17H12ClN3O4/c18-12-4-5-15(22)14(7-12)20-9-11(8-19)16(23)21-13-3-1-2-10(6-13)17(24)25/h1-7,9,20,22H,(H,21,23)(H,24,25)/b11-9-. The minimum Gasteiger partial charge on any atom is -0.506 e. The van der Waals surface area contributed by atoms with Gasteiger partial charge in [-0.1, -0.05) is 17.7 Å². The van der Waals surface area contributed by atoms with E-state index in [2.05, 4.69) is 10.6 Å². The van der Waals surface area contributed by atoms with E-state index < -0.39 is 11.9 Å². The first-order valence-corrected chi connectivity index (χ1v) is 7.28. The van der Waals surface area contributed by atoms with Gasteiger partial charge in [0.15, 0.2) is 0 Å². The van der Waals surface area contributed by atoms with E-state index in [1.54, 1.807) is 6.07 Å². The van der Waals surface area contributed by atoms with E-state index in [4.69, 9.17) is 22.0 Å². The first-order chi connectivity index (χ1) is 11.9. The maximum atomic E-state index is 12.1. The Kier molecular flexibility index (Phi) is 5.61. The smallest absolute Gasteiger partial charge is 0.335 e. The highest BCUT2D eigenvalue weighted by atomic mass is 35.5. The van der Waals surface area contributed by atoms with Gasteiger partial charge >= 0.3 is 5.97 Å². The zero-order valence-corrected chi connectivity index (χ0v) is 13.4. The van der Waals surface area contributed by atoms with Crippen molar-refractivity contribution in [3.63, 3.8) is 0 Å². The Balaban J connectivity index is 2.15. The zero-order valence-electron chi connectivity index (χ0n) is 12.7. The molecule has 0 bridgehead atoms. The second kappa shape index (κ2) is 7.86. The van der Waals surface area contributed by atoms with Gasteiger partial charge in [-0.05, 0) is 36.4 Å². The Hall–Kier alpha value is -3.50. The van der Waals surface area contributed by atoms with Crippen LogP contribution in [0, 0.1) is 11.3 Å². The lowest BCUT2D eigenvalue weighted by molar-refractivity contribution is -0.112. The molecular weight excluding hydrogens is 346 g/mol. The predicted molar refractivity (Wildman–Crippen MR) is 92.5 cm³/mol. The largest absolute Gasteiger partial charge is 0.506 e. The van der Waals surface area contributed by atoms with E-state index >= 15 is 0 Å². The highest BCUT2D eigenvalue weighted by Gasteiger charge is 2.11. The lowest BCUT2D eigenvalue weighted by Gasteiger charge is -2.07. The number of carboxylic acid groups (broad SMARTS) is 1. The molecule has 0 fully saturated rings. The number of rotatable bonds is 5. The highest BCUT2D eigenvalue weighted by Crippen LogP contribution is 2.26. The maximum absolute atomic E-state index is 12.1. The van der Waals surface area contributed by atoms with Crippen molar-refractivity contribution in [3.05, 3.63) is 64.8 Å². The molecule has 1 amide bonds. The number of nitrogens with one attached hydrogen (secondary N) is 2. The van der Waals surface area contributed by atoms with Crippen LogP contribution in [0.4, 0.5) is 11.4 Å². The van der Waals surface area contributed by atoms with Crippen molar-refractivity contribution >= 4 is 34.9 Å². The molecule has 0 aliphatic heterocycles. The molecular formula is C17H12ClN3O4. The van der Waals surface area contributed by atoms with Gasteiger partial charge in [0.05, 0.1) is 11.3 Å². The fourth-order valence-electron chi connectivity index (χ4n) is 1.85. The number of aromatic carboxylic acids is 1. The number of hydrogen-bond donors (Lipinski definition) is 4. The van der Waals surface area contributed by atoms with Crippen molar-refractivity contribution < 1.29 is 19.8 Å². The molecule has 2 rings (SSSR count). The number of carbonyl (C=O) groups is 2. The SMILES string of the molecule is N#C/C(=C/Nc1cc(Cl)ccc1O)C(=O)Nc1cccc(C(=O)O)c1. The summed E-state index contributed by atoms with van der Waals surface area (Å²) < 4.78 is 0. The molecule has 2 aromatic carbocycles. The molecule has 0 aliphatic carbocycles. The predicted octanol–water partition coefficient (Wildman–Crippen LogP) is 3.20. The van der Waals surface area contributed by atoms with Crippen molar-refractivity contribution in [3.8, 4) is 11.8 Å². The third kappa shape index (κ3) is 4.73. The molecule has 4 N–H and O–H groups in total. The summed E-state index contributed by atoms with van der Waals surface area (Å²) in [5.41, 5.74) is 0.181. The lowest BCUT2D eigenvalue weighted by atomic mass is 10.2. The fraction of sp³-hybridized carbons (Fsp3) is 0. The van der Waals surface area contributed by atoms with Crippen LogP contribution >= 0.6 is 11.6 Å². The molecule has 0 aromatic heterocycles. The van der Waals surface area contributed by atoms with Crippen LogP contribution in [-0.4, -0.2) is 22.1 Å². The van der Waals surface area contributed by atoms with Gasteiger partial charge in [-0.3, -0.25) is 4.79 Å². The van der Waals surface area contributed by atoms with Crippen molar-refractivity contribution in [2.45, 2.75) is 0 Å². The van der Waals surface area contributed by atoms with Crippen LogP contribution in [0.25, 0.3) is 0 Å². The quantitative estimate of drug-likeness (QED) is 0.370. The van der Waals surface area contributed by atoms with Crippen LogP contribution in [0.2, 0.25) is 5.02 Å². The summed E-state index contributed by atoms with van der Waals surface area (Å²) in [5.74, 6) is -1.98. The van der Waals surface area contributed by atoms with Crippen molar-refractivity contribution in [2.75, 3.05) is 10.6 Å². The third-order valence-corrected chi connectivity index (χ3v) is 3.30. The number of carbonyl (C=O) groups excluding carboxylic acids is 1. The molecule has 0 atom stereocenters. The van der Waals surface area contributed by atoms with Crippen molar-refractivity contribution in [1.82, 2.24) is 0 Å². The molecule has 8 heteroatoms.